The lowest BCUT2D eigenvalue weighted by molar-refractivity contribution is 0.0353. The van der Waals surface area contributed by atoms with Gasteiger partial charge in [0.05, 0.1) is 32.0 Å². The minimum Gasteiger partial charge on any atom is -0.793 e. The van der Waals surface area contributed by atoms with E-state index in [-0.39, 0.29) is 4.90 Å². The molecule has 0 atom stereocenters. The number of benzene rings is 1. The first-order chi connectivity index (χ1) is 8.55. The van der Waals surface area contributed by atoms with Crippen LogP contribution in [-0.2, 0) is 4.74 Å². The molecule has 0 aromatic heterocycles. The van der Waals surface area contributed by atoms with Crippen LogP contribution in [-0.4, -0.2) is 40.4 Å². The summed E-state index contributed by atoms with van der Waals surface area (Å²) in [6, 6.07) is 5.52. The number of morpholine rings is 1. The third-order valence-corrected chi connectivity index (χ3v) is 3.28. The van der Waals surface area contributed by atoms with Crippen LogP contribution in [0.1, 0.15) is 0 Å². The van der Waals surface area contributed by atoms with Crippen LogP contribution in [0.2, 0.25) is 0 Å². The average molecular weight is 268 g/mol. The Kier molecular flexibility index (Phi) is 3.95. The smallest absolute Gasteiger partial charge is 0.0875 e. The second-order valence-corrected chi connectivity index (χ2v) is 5.15. The standard InChI is InChI=1S/C10H12N4O3S/c11-18(15,16)10-3-1-9(2-4-10)12-13-14-5-7-17-8-6-14/h1-4H,5-8H2/q-2. The fraction of sp³-hybridized carbons (Fsp3) is 0.400. The second-order valence-electron chi connectivity index (χ2n) is 3.72. The molecule has 18 heavy (non-hydrogen) atoms. The molecule has 8 heteroatoms. The molecule has 1 heterocycles. The fourth-order valence-electron chi connectivity index (χ4n) is 1.44. The van der Waals surface area contributed by atoms with E-state index in [1.807, 2.05) is 0 Å². The Morgan fingerprint density at radius 1 is 1.17 bits per heavy atom. The SMILES string of the molecule is N#S([O-])([O-])c1ccc(N=NN2CCOCC2)cc1. The number of ether oxygens (including phenoxy) is 1. The van der Waals surface area contributed by atoms with Gasteiger partial charge in [-0.3, -0.25) is 9.62 Å². The van der Waals surface area contributed by atoms with Gasteiger partial charge in [-0.15, -0.1) is 5.11 Å². The summed E-state index contributed by atoms with van der Waals surface area (Å²) in [5.41, 5.74) is 0.522. The van der Waals surface area contributed by atoms with E-state index in [9.17, 15) is 9.11 Å². The first-order valence-corrected chi connectivity index (χ1v) is 6.81. The van der Waals surface area contributed by atoms with E-state index in [2.05, 4.69) is 10.3 Å². The lowest BCUT2D eigenvalue weighted by Crippen LogP contribution is -2.31. The van der Waals surface area contributed by atoms with Crippen molar-refractivity contribution in [3.63, 3.8) is 0 Å². The van der Waals surface area contributed by atoms with Crippen LogP contribution in [0.3, 0.4) is 0 Å². The van der Waals surface area contributed by atoms with Crippen molar-refractivity contribution in [3.8, 4) is 0 Å². The zero-order valence-corrected chi connectivity index (χ0v) is 10.4. The van der Waals surface area contributed by atoms with E-state index in [0.29, 0.717) is 32.0 Å². The highest BCUT2D eigenvalue weighted by atomic mass is 32.3. The Bertz CT molecular complexity index is 520. The maximum absolute atomic E-state index is 10.8. The van der Waals surface area contributed by atoms with Crippen molar-refractivity contribution in [2.45, 2.75) is 4.90 Å². The highest BCUT2D eigenvalue weighted by Gasteiger charge is 2.06. The van der Waals surface area contributed by atoms with Gasteiger partial charge in [-0.1, -0.05) is 5.22 Å². The van der Waals surface area contributed by atoms with Gasteiger partial charge in [-0.05, 0) is 29.2 Å². The van der Waals surface area contributed by atoms with Crippen LogP contribution < -0.4 is 0 Å². The third-order valence-electron chi connectivity index (χ3n) is 2.41. The van der Waals surface area contributed by atoms with E-state index < -0.39 is 10.2 Å². The minimum atomic E-state index is -4.15. The van der Waals surface area contributed by atoms with Gasteiger partial charge in [-0.25, -0.2) is 0 Å². The van der Waals surface area contributed by atoms with Crippen LogP contribution in [0.25, 0.3) is 0 Å². The predicted octanol–water partition coefficient (Wildman–Crippen LogP) is 1.92. The van der Waals surface area contributed by atoms with Crippen LogP contribution in [0.15, 0.2) is 39.5 Å². The highest BCUT2D eigenvalue weighted by Crippen LogP contribution is 2.33. The van der Waals surface area contributed by atoms with Crippen molar-refractivity contribution < 1.29 is 13.8 Å². The number of nitrogens with zero attached hydrogens (tertiary/aromatic N) is 4. The van der Waals surface area contributed by atoms with Gasteiger partial charge in [0, 0.05) is 0 Å². The van der Waals surface area contributed by atoms with Crippen LogP contribution >= 0.6 is 10.2 Å². The zero-order valence-electron chi connectivity index (χ0n) is 9.56. The molecule has 1 aromatic carbocycles. The summed E-state index contributed by atoms with van der Waals surface area (Å²) >= 11 is 0. The largest absolute Gasteiger partial charge is 0.793 e. The molecule has 98 valence electrons. The summed E-state index contributed by atoms with van der Waals surface area (Å²) < 4.78 is 35.6. The molecule has 0 aliphatic carbocycles. The molecule has 1 aliphatic heterocycles. The first-order valence-electron chi connectivity index (χ1n) is 5.37. The molecular formula is C10H12N4O3S-2. The molecule has 1 fully saturated rings. The minimum absolute atomic E-state index is 0.159. The number of hydrogen-bond acceptors (Lipinski definition) is 6. The average Bonchev–Trinajstić information content (AvgIpc) is 2.37. The summed E-state index contributed by atoms with van der Waals surface area (Å²) in [6.45, 7) is 2.63. The van der Waals surface area contributed by atoms with Crippen LogP contribution in [0.4, 0.5) is 5.69 Å². The van der Waals surface area contributed by atoms with Crippen molar-refractivity contribution in [3.05, 3.63) is 24.3 Å². The fourth-order valence-corrected chi connectivity index (χ4v) is 1.92. The van der Waals surface area contributed by atoms with E-state index in [0.717, 1.165) is 0 Å². The van der Waals surface area contributed by atoms with Gasteiger partial charge in [0.2, 0.25) is 0 Å². The lowest BCUT2D eigenvalue weighted by Gasteiger charge is -2.30. The van der Waals surface area contributed by atoms with Crippen molar-refractivity contribution >= 4 is 15.9 Å². The molecule has 1 aliphatic rings. The molecule has 1 saturated heterocycles. The second kappa shape index (κ2) is 5.47. The molecule has 0 spiro atoms. The monoisotopic (exact) mass is 268 g/mol. The summed E-state index contributed by atoms with van der Waals surface area (Å²) in [4.78, 5) is -0.159. The molecule has 0 amide bonds. The quantitative estimate of drug-likeness (QED) is 0.761. The Morgan fingerprint density at radius 2 is 1.78 bits per heavy atom. The van der Waals surface area contributed by atoms with Gasteiger partial charge in [0.1, 0.15) is 0 Å². The third kappa shape index (κ3) is 3.52. The normalized spacial score (nSPS) is 17.3. The Hall–Kier alpha value is -1.44. The summed E-state index contributed by atoms with van der Waals surface area (Å²) in [6.07, 6.45) is 0. The van der Waals surface area contributed by atoms with Gasteiger partial charge >= 0.3 is 0 Å². The Morgan fingerprint density at radius 3 is 2.33 bits per heavy atom. The molecule has 7 nitrogen and oxygen atoms in total. The number of rotatable bonds is 2. The molecule has 2 rings (SSSR count). The highest BCUT2D eigenvalue weighted by molar-refractivity contribution is 8.11. The van der Waals surface area contributed by atoms with Crippen molar-refractivity contribution in [2.24, 2.45) is 10.3 Å². The predicted molar refractivity (Wildman–Crippen MR) is 62.5 cm³/mol. The van der Waals surface area contributed by atoms with E-state index >= 15 is 0 Å². The Labute approximate surface area is 106 Å². The molecule has 0 radical (unpaired) electrons. The van der Waals surface area contributed by atoms with E-state index in [1.165, 1.54) is 24.3 Å². The lowest BCUT2D eigenvalue weighted by atomic mass is 10.3. The topological polar surface area (TPSA) is 107 Å². The maximum atomic E-state index is 10.8. The van der Waals surface area contributed by atoms with Gasteiger partial charge < -0.3 is 13.8 Å². The first kappa shape index (κ1) is 13.0. The molecule has 0 unspecified atom stereocenters. The molecule has 0 N–H and O–H groups in total. The summed E-state index contributed by atoms with van der Waals surface area (Å²) in [5.74, 6) is 0. The maximum Gasteiger partial charge on any atom is 0.0875 e. The number of hydrogen-bond donors (Lipinski definition) is 0. The molecule has 1 aromatic rings. The molecule has 0 saturated carbocycles. The van der Waals surface area contributed by atoms with E-state index in [1.54, 1.807) is 5.01 Å². The van der Waals surface area contributed by atoms with Gasteiger partial charge in [0.25, 0.3) is 0 Å². The van der Waals surface area contributed by atoms with Crippen LogP contribution in [0, 0.1) is 4.61 Å². The van der Waals surface area contributed by atoms with Crippen LogP contribution in [0.5, 0.6) is 0 Å². The molecule has 0 bridgehead atoms. The van der Waals surface area contributed by atoms with Crippen molar-refractivity contribution in [2.75, 3.05) is 26.3 Å². The molecular weight excluding hydrogens is 256 g/mol. The van der Waals surface area contributed by atoms with Gasteiger partial charge in [0.15, 0.2) is 0 Å². The van der Waals surface area contributed by atoms with Gasteiger partial charge in [-0.2, -0.15) is 10.2 Å². The summed E-state index contributed by atoms with van der Waals surface area (Å²) in [5, 5.41) is 9.76. The van der Waals surface area contributed by atoms with E-state index in [4.69, 9.17) is 9.35 Å². The van der Waals surface area contributed by atoms with Crippen molar-refractivity contribution in [1.82, 2.24) is 5.01 Å². The summed E-state index contributed by atoms with van der Waals surface area (Å²) in [7, 11) is -4.15. The zero-order chi connectivity index (χ0) is 13.0. The van der Waals surface area contributed by atoms with Crippen molar-refractivity contribution in [1.29, 1.82) is 4.61 Å². The Balaban J connectivity index is 2.02.